The fraction of sp³-hybridized carbons (Fsp3) is 0.333. The summed E-state index contributed by atoms with van der Waals surface area (Å²) in [5.74, 6) is 0.504. The Morgan fingerprint density at radius 1 is 1.38 bits per heavy atom. The first-order valence-corrected chi connectivity index (χ1v) is 6.57. The number of aryl methyl sites for hydroxylation is 2. The molecule has 0 fully saturated rings. The fourth-order valence-electron chi connectivity index (χ4n) is 2.01. The van der Waals surface area contributed by atoms with Gasteiger partial charge in [-0.25, -0.2) is 0 Å². The van der Waals surface area contributed by atoms with Gasteiger partial charge in [0.2, 0.25) is 0 Å². The van der Waals surface area contributed by atoms with Crippen molar-refractivity contribution in [1.29, 1.82) is 0 Å². The highest BCUT2D eigenvalue weighted by atomic mass is 16.4. The number of aromatic nitrogens is 1. The van der Waals surface area contributed by atoms with Gasteiger partial charge in [0.15, 0.2) is 0 Å². The van der Waals surface area contributed by atoms with Crippen LogP contribution in [0.25, 0.3) is 0 Å². The summed E-state index contributed by atoms with van der Waals surface area (Å²) in [7, 11) is 0. The van der Waals surface area contributed by atoms with Gasteiger partial charge in [0.05, 0.1) is 6.54 Å². The molecule has 2 aromatic heterocycles. The van der Waals surface area contributed by atoms with Crippen LogP contribution in [-0.4, -0.2) is 22.5 Å². The van der Waals surface area contributed by atoms with Crippen molar-refractivity contribution < 1.29 is 14.3 Å². The van der Waals surface area contributed by atoms with E-state index in [9.17, 15) is 14.7 Å². The number of carbonyl (C=O) groups excluding carboxylic acids is 1. The minimum atomic E-state index is -1.35. The number of carbonyl (C=O) groups is 1. The molecule has 1 unspecified atom stereocenters. The SMILES string of the molecule is Cc1ccc(C(C)(O)CNC(=O)c2c(C)cc[nH]c2=O)o1. The number of hydrogen-bond donors (Lipinski definition) is 3. The van der Waals surface area contributed by atoms with Crippen LogP contribution in [0.4, 0.5) is 0 Å². The molecule has 1 amide bonds. The summed E-state index contributed by atoms with van der Waals surface area (Å²) in [6, 6.07) is 5.03. The predicted molar refractivity (Wildman–Crippen MR) is 77.1 cm³/mol. The van der Waals surface area contributed by atoms with Gasteiger partial charge in [0.1, 0.15) is 22.7 Å². The first kappa shape index (κ1) is 15.1. The summed E-state index contributed by atoms with van der Waals surface area (Å²) in [4.78, 5) is 26.2. The van der Waals surface area contributed by atoms with E-state index >= 15 is 0 Å². The molecule has 0 saturated carbocycles. The zero-order valence-electron chi connectivity index (χ0n) is 12.2. The van der Waals surface area contributed by atoms with Gasteiger partial charge in [-0.05, 0) is 44.5 Å². The smallest absolute Gasteiger partial charge is 0.261 e. The van der Waals surface area contributed by atoms with Crippen LogP contribution >= 0.6 is 0 Å². The molecule has 2 aromatic rings. The van der Waals surface area contributed by atoms with Crippen molar-refractivity contribution in [3.8, 4) is 0 Å². The van der Waals surface area contributed by atoms with E-state index in [0.29, 0.717) is 17.1 Å². The first-order chi connectivity index (χ1) is 9.81. The summed E-state index contributed by atoms with van der Waals surface area (Å²) in [5.41, 5.74) is -1.19. The van der Waals surface area contributed by atoms with E-state index in [1.54, 1.807) is 32.0 Å². The first-order valence-electron chi connectivity index (χ1n) is 6.57. The number of rotatable bonds is 4. The molecule has 21 heavy (non-hydrogen) atoms. The average Bonchev–Trinajstić information content (AvgIpc) is 2.84. The summed E-state index contributed by atoms with van der Waals surface area (Å²) in [6.45, 7) is 4.92. The van der Waals surface area contributed by atoms with Crippen LogP contribution in [0, 0.1) is 13.8 Å². The Hall–Kier alpha value is -2.34. The van der Waals surface area contributed by atoms with Crippen LogP contribution < -0.4 is 10.9 Å². The molecule has 0 radical (unpaired) electrons. The van der Waals surface area contributed by atoms with Crippen molar-refractivity contribution in [2.45, 2.75) is 26.4 Å². The number of hydrogen-bond acceptors (Lipinski definition) is 4. The molecule has 6 heteroatoms. The lowest BCUT2D eigenvalue weighted by Gasteiger charge is -2.21. The van der Waals surface area contributed by atoms with Gasteiger partial charge < -0.3 is 19.8 Å². The molecule has 3 N–H and O–H groups in total. The van der Waals surface area contributed by atoms with Crippen LogP contribution in [0.15, 0.2) is 33.6 Å². The zero-order chi connectivity index (χ0) is 15.6. The molecule has 0 aliphatic carbocycles. The number of amides is 1. The van der Waals surface area contributed by atoms with Gasteiger partial charge in [-0.3, -0.25) is 9.59 Å². The molecule has 6 nitrogen and oxygen atoms in total. The average molecular weight is 290 g/mol. The van der Waals surface area contributed by atoms with Gasteiger partial charge in [-0.1, -0.05) is 0 Å². The molecule has 0 aliphatic heterocycles. The molecular weight excluding hydrogens is 272 g/mol. The normalized spacial score (nSPS) is 13.7. The van der Waals surface area contributed by atoms with E-state index in [-0.39, 0.29) is 12.1 Å². The molecule has 2 heterocycles. The molecule has 2 rings (SSSR count). The highest BCUT2D eigenvalue weighted by molar-refractivity contribution is 5.95. The fourth-order valence-corrected chi connectivity index (χ4v) is 2.01. The van der Waals surface area contributed by atoms with Crippen LogP contribution in [0.3, 0.4) is 0 Å². The van der Waals surface area contributed by atoms with E-state index in [0.717, 1.165) is 0 Å². The zero-order valence-corrected chi connectivity index (χ0v) is 12.2. The number of pyridine rings is 1. The lowest BCUT2D eigenvalue weighted by molar-refractivity contribution is 0.0323. The topological polar surface area (TPSA) is 95.3 Å². The van der Waals surface area contributed by atoms with Crippen molar-refractivity contribution in [2.24, 2.45) is 0 Å². The van der Waals surface area contributed by atoms with Gasteiger partial charge in [-0.2, -0.15) is 0 Å². The van der Waals surface area contributed by atoms with E-state index in [4.69, 9.17) is 4.42 Å². The minimum absolute atomic E-state index is 0.0453. The molecule has 1 atom stereocenters. The number of aromatic amines is 1. The Morgan fingerprint density at radius 3 is 2.67 bits per heavy atom. The molecule has 0 saturated heterocycles. The minimum Gasteiger partial charge on any atom is -0.463 e. The summed E-state index contributed by atoms with van der Waals surface area (Å²) in [5, 5.41) is 12.9. The molecule has 0 spiro atoms. The van der Waals surface area contributed by atoms with Gasteiger partial charge in [0, 0.05) is 6.20 Å². The van der Waals surface area contributed by atoms with E-state index in [1.807, 2.05) is 0 Å². The van der Waals surface area contributed by atoms with Crippen LogP contribution in [0.2, 0.25) is 0 Å². The maximum absolute atomic E-state index is 12.1. The lowest BCUT2D eigenvalue weighted by atomic mass is 10.0. The van der Waals surface area contributed by atoms with Gasteiger partial charge in [-0.15, -0.1) is 0 Å². The maximum Gasteiger partial charge on any atom is 0.261 e. The van der Waals surface area contributed by atoms with Crippen LogP contribution in [0.5, 0.6) is 0 Å². The Labute approximate surface area is 121 Å². The number of nitrogens with one attached hydrogen (secondary N) is 2. The van der Waals surface area contributed by atoms with E-state index in [2.05, 4.69) is 10.3 Å². The quantitative estimate of drug-likeness (QED) is 0.789. The second kappa shape index (κ2) is 5.57. The summed E-state index contributed by atoms with van der Waals surface area (Å²) in [6.07, 6.45) is 1.48. The predicted octanol–water partition coefficient (Wildman–Crippen LogP) is 1.22. The molecule has 0 aliphatic rings. The van der Waals surface area contributed by atoms with Gasteiger partial charge in [0.25, 0.3) is 11.5 Å². The third-order valence-electron chi connectivity index (χ3n) is 3.26. The number of aliphatic hydroxyl groups is 1. The van der Waals surface area contributed by atoms with Crippen molar-refractivity contribution in [1.82, 2.24) is 10.3 Å². The lowest BCUT2D eigenvalue weighted by Crippen LogP contribution is -2.40. The highest BCUT2D eigenvalue weighted by Crippen LogP contribution is 2.22. The van der Waals surface area contributed by atoms with Gasteiger partial charge >= 0.3 is 0 Å². The molecule has 0 aromatic carbocycles. The third kappa shape index (κ3) is 3.22. The van der Waals surface area contributed by atoms with Crippen LogP contribution in [0.1, 0.15) is 34.4 Å². The molecule has 0 bridgehead atoms. The third-order valence-corrected chi connectivity index (χ3v) is 3.26. The largest absolute Gasteiger partial charge is 0.463 e. The second-order valence-corrected chi connectivity index (χ2v) is 5.23. The molecular formula is C15H18N2O4. The van der Waals surface area contributed by atoms with Crippen molar-refractivity contribution in [2.75, 3.05) is 6.54 Å². The van der Waals surface area contributed by atoms with Crippen molar-refractivity contribution >= 4 is 5.91 Å². The second-order valence-electron chi connectivity index (χ2n) is 5.23. The Morgan fingerprint density at radius 2 is 2.10 bits per heavy atom. The van der Waals surface area contributed by atoms with Crippen molar-refractivity contribution in [3.63, 3.8) is 0 Å². The van der Waals surface area contributed by atoms with Crippen molar-refractivity contribution in [3.05, 3.63) is 57.4 Å². The summed E-state index contributed by atoms with van der Waals surface area (Å²) >= 11 is 0. The standard InChI is InChI=1S/C15H18N2O4/c1-9-6-7-16-13(18)12(9)14(19)17-8-15(3,20)11-5-4-10(2)21-11/h4-7,20H,8H2,1-3H3,(H,16,18)(H,17,19). The Balaban J connectivity index is 2.12. The van der Waals surface area contributed by atoms with E-state index < -0.39 is 17.1 Å². The Bertz CT molecular complexity index is 712. The maximum atomic E-state index is 12.1. The number of H-pyrrole nitrogens is 1. The highest BCUT2D eigenvalue weighted by Gasteiger charge is 2.28. The Kier molecular flexibility index (Phi) is 3.99. The van der Waals surface area contributed by atoms with E-state index in [1.165, 1.54) is 13.1 Å². The number of furan rings is 1. The summed E-state index contributed by atoms with van der Waals surface area (Å²) < 4.78 is 5.36. The monoisotopic (exact) mass is 290 g/mol. The molecule has 112 valence electrons. The van der Waals surface area contributed by atoms with Crippen LogP contribution in [-0.2, 0) is 5.60 Å².